The van der Waals surface area contributed by atoms with E-state index in [1.54, 1.807) is 24.5 Å². The predicted octanol–water partition coefficient (Wildman–Crippen LogP) is 6.62. The Morgan fingerprint density at radius 2 is 1.68 bits per heavy atom. The van der Waals surface area contributed by atoms with Gasteiger partial charge in [-0.05, 0) is 30.3 Å². The summed E-state index contributed by atoms with van der Waals surface area (Å²) in [5, 5.41) is 0.306. The zero-order chi connectivity index (χ0) is 26.6. The maximum Gasteiger partial charge on any atom is 0.229 e. The average molecular weight is 555 g/mol. The van der Waals surface area contributed by atoms with Gasteiger partial charge in [0.25, 0.3) is 0 Å². The molecule has 2 aromatic carbocycles. The normalized spacial score (nSPS) is 12.0. The number of nitrogens with zero attached hydrogens (tertiary/aromatic N) is 3. The van der Waals surface area contributed by atoms with Crippen LogP contribution >= 0.6 is 11.6 Å². The van der Waals surface area contributed by atoms with Gasteiger partial charge in [-0.1, -0.05) is 67.6 Å². The maximum atomic E-state index is 12.0. The van der Waals surface area contributed by atoms with Crippen molar-refractivity contribution in [3.63, 3.8) is 0 Å². The van der Waals surface area contributed by atoms with Gasteiger partial charge in [0, 0.05) is 43.8 Å². The van der Waals surface area contributed by atoms with Gasteiger partial charge in [0.05, 0.1) is 28.4 Å². The molecule has 0 aliphatic rings. The summed E-state index contributed by atoms with van der Waals surface area (Å²) in [5.41, 5.74) is 4.42. The van der Waals surface area contributed by atoms with E-state index in [0.717, 1.165) is 46.2 Å². The first-order chi connectivity index (χ1) is 17.5. The van der Waals surface area contributed by atoms with Crippen LogP contribution < -0.4 is 4.72 Å². The van der Waals surface area contributed by atoms with Crippen molar-refractivity contribution in [1.82, 2.24) is 14.5 Å². The van der Waals surface area contributed by atoms with Crippen molar-refractivity contribution in [3.8, 4) is 33.9 Å². The number of anilines is 1. The van der Waals surface area contributed by atoms with E-state index in [-0.39, 0.29) is 0 Å². The Kier molecular flexibility index (Phi) is 8.18. The number of hydrogen-bond acceptors (Lipinski definition) is 5. The third-order valence-corrected chi connectivity index (χ3v) is 8.33. The SMILES string of the molecule is C[Si](C)(C)CCOCn1c(-c2ccccc2)nc(-c2ccncc2)c1-c1ccc(Cl)c(NS(C)(=O)=O)c1. The Morgan fingerprint density at radius 1 is 0.973 bits per heavy atom. The molecule has 0 saturated heterocycles. The van der Waals surface area contributed by atoms with Crippen LogP contribution in [0.15, 0.2) is 73.1 Å². The molecule has 0 atom stereocenters. The number of aromatic nitrogens is 3. The quantitative estimate of drug-likeness (QED) is 0.176. The first kappa shape index (κ1) is 27.1. The second kappa shape index (κ2) is 11.2. The lowest BCUT2D eigenvalue weighted by molar-refractivity contribution is 0.0893. The third-order valence-electron chi connectivity index (χ3n) is 5.71. The van der Waals surface area contributed by atoms with Crippen molar-refractivity contribution in [2.24, 2.45) is 0 Å². The number of benzene rings is 2. The van der Waals surface area contributed by atoms with Gasteiger partial charge in [0.2, 0.25) is 10.0 Å². The fourth-order valence-electron chi connectivity index (χ4n) is 3.87. The zero-order valence-corrected chi connectivity index (χ0v) is 24.0. The lowest BCUT2D eigenvalue weighted by Gasteiger charge is -2.18. The van der Waals surface area contributed by atoms with Crippen molar-refractivity contribution in [2.75, 3.05) is 17.6 Å². The van der Waals surface area contributed by atoms with Crippen molar-refractivity contribution in [1.29, 1.82) is 0 Å². The molecule has 0 aliphatic carbocycles. The predicted molar refractivity (Wildman–Crippen MR) is 154 cm³/mol. The number of imidazole rings is 1. The highest BCUT2D eigenvalue weighted by atomic mass is 35.5. The van der Waals surface area contributed by atoms with E-state index in [0.29, 0.717) is 24.0 Å². The third kappa shape index (κ3) is 7.07. The molecule has 0 radical (unpaired) electrons. The topological polar surface area (TPSA) is 86.1 Å². The molecule has 37 heavy (non-hydrogen) atoms. The molecular formula is C27H31ClN4O3SSi. The summed E-state index contributed by atoms with van der Waals surface area (Å²) in [7, 11) is -4.80. The second-order valence-corrected chi connectivity index (χ2v) is 17.9. The Morgan fingerprint density at radius 3 is 2.32 bits per heavy atom. The fraction of sp³-hybridized carbons (Fsp3) is 0.259. The van der Waals surface area contributed by atoms with Gasteiger partial charge in [0.1, 0.15) is 12.6 Å². The van der Waals surface area contributed by atoms with Gasteiger partial charge in [-0.25, -0.2) is 13.4 Å². The van der Waals surface area contributed by atoms with Crippen LogP contribution in [0.1, 0.15) is 0 Å². The van der Waals surface area contributed by atoms with Gasteiger partial charge in [0.15, 0.2) is 0 Å². The molecule has 2 aromatic heterocycles. The minimum absolute atomic E-state index is 0.291. The highest BCUT2D eigenvalue weighted by Gasteiger charge is 2.23. The molecule has 4 aromatic rings. The summed E-state index contributed by atoms with van der Waals surface area (Å²) >= 11 is 6.35. The van der Waals surface area contributed by atoms with E-state index in [2.05, 4.69) is 29.3 Å². The number of ether oxygens (including phenoxy) is 1. The van der Waals surface area contributed by atoms with Crippen LogP contribution in [-0.4, -0.2) is 43.9 Å². The lowest BCUT2D eigenvalue weighted by atomic mass is 10.1. The van der Waals surface area contributed by atoms with E-state index >= 15 is 0 Å². The summed E-state index contributed by atoms with van der Waals surface area (Å²) < 4.78 is 34.8. The summed E-state index contributed by atoms with van der Waals surface area (Å²) in [5.74, 6) is 0.753. The number of halogens is 1. The van der Waals surface area contributed by atoms with E-state index in [4.69, 9.17) is 21.3 Å². The van der Waals surface area contributed by atoms with Crippen molar-refractivity contribution in [2.45, 2.75) is 32.4 Å². The molecule has 0 bridgehead atoms. The molecule has 10 heteroatoms. The zero-order valence-electron chi connectivity index (χ0n) is 21.4. The van der Waals surface area contributed by atoms with Crippen LogP contribution in [0.3, 0.4) is 0 Å². The molecule has 0 unspecified atom stereocenters. The fourth-order valence-corrected chi connectivity index (χ4v) is 5.42. The lowest BCUT2D eigenvalue weighted by Crippen LogP contribution is -2.22. The Balaban J connectivity index is 1.91. The van der Waals surface area contributed by atoms with E-state index in [9.17, 15) is 8.42 Å². The first-order valence-electron chi connectivity index (χ1n) is 11.9. The van der Waals surface area contributed by atoms with Crippen LogP contribution in [0.2, 0.25) is 30.7 Å². The highest BCUT2D eigenvalue weighted by Crippen LogP contribution is 2.38. The Labute approximate surface area is 224 Å². The molecular weight excluding hydrogens is 524 g/mol. The summed E-state index contributed by atoms with van der Waals surface area (Å²) in [6.45, 7) is 7.90. The monoisotopic (exact) mass is 554 g/mol. The Hall–Kier alpha value is -2.98. The second-order valence-electron chi connectivity index (χ2n) is 10.1. The molecule has 4 rings (SSSR count). The molecule has 7 nitrogen and oxygen atoms in total. The molecule has 2 heterocycles. The largest absolute Gasteiger partial charge is 0.361 e. The standard InChI is InChI=1S/C27H31ClN4O3SSi/c1-36(33,34)31-24-18-22(10-11-23(24)28)26-25(20-12-14-29-15-13-20)30-27(21-8-6-5-7-9-21)32(26)19-35-16-17-37(2,3)4/h5-15,18,31H,16-17,19H2,1-4H3. The van der Waals surface area contributed by atoms with Gasteiger partial charge in [-0.2, -0.15) is 0 Å². The number of hydrogen-bond donors (Lipinski definition) is 1. The summed E-state index contributed by atoms with van der Waals surface area (Å²) in [6, 6.07) is 20.1. The van der Waals surface area contributed by atoms with Gasteiger partial charge >= 0.3 is 0 Å². The van der Waals surface area contributed by atoms with Gasteiger partial charge in [-0.15, -0.1) is 0 Å². The van der Waals surface area contributed by atoms with Crippen LogP contribution in [0.4, 0.5) is 5.69 Å². The molecule has 0 saturated carbocycles. The van der Waals surface area contributed by atoms with Gasteiger partial charge < -0.3 is 4.74 Å². The first-order valence-corrected chi connectivity index (χ1v) is 17.9. The highest BCUT2D eigenvalue weighted by molar-refractivity contribution is 7.92. The van der Waals surface area contributed by atoms with E-state index in [1.807, 2.05) is 53.1 Å². The van der Waals surface area contributed by atoms with E-state index in [1.165, 1.54) is 0 Å². The minimum atomic E-state index is -3.53. The number of nitrogens with one attached hydrogen (secondary N) is 1. The van der Waals surface area contributed by atoms with Crippen LogP contribution in [0, 0.1) is 0 Å². The Bertz CT molecular complexity index is 1470. The van der Waals surface area contributed by atoms with Crippen molar-refractivity contribution in [3.05, 3.63) is 78.1 Å². The number of pyridine rings is 1. The molecule has 0 amide bonds. The molecule has 0 aliphatic heterocycles. The van der Waals surface area contributed by atoms with Crippen LogP contribution in [0.5, 0.6) is 0 Å². The number of rotatable bonds is 10. The van der Waals surface area contributed by atoms with Crippen molar-refractivity contribution >= 4 is 35.4 Å². The van der Waals surface area contributed by atoms with Crippen molar-refractivity contribution < 1.29 is 13.2 Å². The summed E-state index contributed by atoms with van der Waals surface area (Å²) in [4.78, 5) is 9.23. The molecule has 1 N–H and O–H groups in total. The minimum Gasteiger partial charge on any atom is -0.361 e. The number of sulfonamides is 1. The van der Waals surface area contributed by atoms with E-state index < -0.39 is 18.1 Å². The van der Waals surface area contributed by atoms with Crippen LogP contribution in [-0.2, 0) is 21.5 Å². The molecule has 0 spiro atoms. The molecule has 0 fully saturated rings. The van der Waals surface area contributed by atoms with Crippen LogP contribution in [0.25, 0.3) is 33.9 Å². The maximum absolute atomic E-state index is 12.0. The average Bonchev–Trinajstić information content (AvgIpc) is 3.22. The molecule has 194 valence electrons. The smallest absolute Gasteiger partial charge is 0.229 e. The summed E-state index contributed by atoms with van der Waals surface area (Å²) in [6.07, 6.45) is 4.55. The van der Waals surface area contributed by atoms with Gasteiger partial charge in [-0.3, -0.25) is 14.3 Å².